The molecule has 2 fully saturated rings. The Kier molecular flexibility index (Phi) is 3.46. The van der Waals surface area contributed by atoms with E-state index < -0.39 is 5.54 Å². The monoisotopic (exact) mass is 250 g/mol. The number of nitrogens with zero attached hydrogens (tertiary/aromatic N) is 1. The summed E-state index contributed by atoms with van der Waals surface area (Å²) in [5, 5.41) is 2.92. The molecule has 4 nitrogen and oxygen atoms in total. The third-order valence-corrected chi connectivity index (χ3v) is 4.21. The zero-order chi connectivity index (χ0) is 13.3. The third kappa shape index (κ3) is 2.16. The van der Waals surface area contributed by atoms with E-state index in [0.717, 1.165) is 37.7 Å². The van der Waals surface area contributed by atoms with E-state index in [1.165, 1.54) is 4.90 Å². The molecule has 0 unspecified atom stereocenters. The van der Waals surface area contributed by atoms with Crippen molar-refractivity contribution in [1.29, 1.82) is 0 Å². The predicted molar refractivity (Wildman–Crippen MR) is 70.0 cm³/mol. The highest BCUT2D eigenvalue weighted by Gasteiger charge is 2.51. The summed E-state index contributed by atoms with van der Waals surface area (Å²) in [4.78, 5) is 25.6. The van der Waals surface area contributed by atoms with Crippen LogP contribution in [0.25, 0.3) is 0 Å². The van der Waals surface area contributed by atoms with Gasteiger partial charge >= 0.3 is 6.03 Å². The van der Waals surface area contributed by atoms with Gasteiger partial charge in [-0.25, -0.2) is 4.79 Å². The second-order valence-corrected chi connectivity index (χ2v) is 5.71. The summed E-state index contributed by atoms with van der Waals surface area (Å²) in [6.07, 6.45) is 4.78. The molecular formula is C14H22N2O2. The first-order chi connectivity index (χ1) is 8.48. The Morgan fingerprint density at radius 1 is 1.44 bits per heavy atom. The van der Waals surface area contributed by atoms with Crippen LogP contribution in [0.3, 0.4) is 0 Å². The van der Waals surface area contributed by atoms with Crippen molar-refractivity contribution in [2.45, 2.75) is 51.5 Å². The molecule has 0 radical (unpaired) electrons. The number of urea groups is 1. The molecule has 0 aromatic heterocycles. The lowest BCUT2D eigenvalue weighted by molar-refractivity contribution is -0.132. The van der Waals surface area contributed by atoms with Gasteiger partial charge in [0.05, 0.1) is 6.54 Å². The number of carbonyl (C=O) groups is 2. The number of hydrogen-bond donors (Lipinski definition) is 1. The summed E-state index contributed by atoms with van der Waals surface area (Å²) in [5.74, 6) is 0.653. The van der Waals surface area contributed by atoms with Crippen LogP contribution in [0.1, 0.15) is 46.0 Å². The molecule has 3 amide bonds. The van der Waals surface area contributed by atoms with Crippen molar-refractivity contribution < 1.29 is 9.59 Å². The van der Waals surface area contributed by atoms with Gasteiger partial charge in [-0.1, -0.05) is 25.5 Å². The van der Waals surface area contributed by atoms with E-state index in [1.54, 1.807) is 0 Å². The molecule has 2 aliphatic rings. The third-order valence-electron chi connectivity index (χ3n) is 4.21. The molecule has 1 aliphatic carbocycles. The SMILES string of the molecule is C=C(C)CN1C(=O)NC2(CCC(CC)CC2)C1=O. The second kappa shape index (κ2) is 4.75. The molecule has 100 valence electrons. The standard InChI is InChI=1S/C14H22N2O2/c1-4-11-5-7-14(8-6-11)12(17)16(9-10(2)3)13(18)15-14/h11H,2,4-9H2,1,3H3,(H,15,18). The largest absolute Gasteiger partial charge is 0.325 e. The summed E-state index contributed by atoms with van der Waals surface area (Å²) in [5.41, 5.74) is 0.218. The minimum atomic E-state index is -0.613. The number of hydrogen-bond acceptors (Lipinski definition) is 2. The number of amides is 3. The van der Waals surface area contributed by atoms with Crippen molar-refractivity contribution in [3.05, 3.63) is 12.2 Å². The lowest BCUT2D eigenvalue weighted by Crippen LogP contribution is -2.49. The van der Waals surface area contributed by atoms with Crippen LogP contribution in [0.4, 0.5) is 4.79 Å². The highest BCUT2D eigenvalue weighted by molar-refractivity contribution is 6.07. The van der Waals surface area contributed by atoms with E-state index in [1.807, 2.05) is 6.92 Å². The van der Waals surface area contributed by atoms with Gasteiger partial charge in [0.15, 0.2) is 0 Å². The molecule has 0 bridgehead atoms. The van der Waals surface area contributed by atoms with Crippen LogP contribution in [-0.2, 0) is 4.79 Å². The summed E-state index contributed by atoms with van der Waals surface area (Å²) in [6, 6.07) is -0.252. The maximum Gasteiger partial charge on any atom is 0.325 e. The lowest BCUT2D eigenvalue weighted by Gasteiger charge is -2.34. The zero-order valence-electron chi connectivity index (χ0n) is 11.3. The van der Waals surface area contributed by atoms with Crippen molar-refractivity contribution in [2.24, 2.45) is 5.92 Å². The van der Waals surface area contributed by atoms with Crippen LogP contribution >= 0.6 is 0 Å². The normalized spacial score (nSPS) is 31.9. The van der Waals surface area contributed by atoms with Gasteiger partial charge in [-0.15, -0.1) is 0 Å². The average Bonchev–Trinajstić information content (AvgIpc) is 2.55. The number of imide groups is 1. The van der Waals surface area contributed by atoms with Gasteiger partial charge in [0.2, 0.25) is 0 Å². The predicted octanol–water partition coefficient (Wildman–Crippen LogP) is 2.45. The number of rotatable bonds is 3. The van der Waals surface area contributed by atoms with Crippen LogP contribution in [0.15, 0.2) is 12.2 Å². The van der Waals surface area contributed by atoms with Crippen LogP contribution in [0, 0.1) is 5.92 Å². The molecule has 18 heavy (non-hydrogen) atoms. The van der Waals surface area contributed by atoms with Gasteiger partial charge in [-0.3, -0.25) is 9.69 Å². The van der Waals surface area contributed by atoms with Crippen LogP contribution in [0.2, 0.25) is 0 Å². The molecule has 0 atom stereocenters. The van der Waals surface area contributed by atoms with E-state index in [-0.39, 0.29) is 11.9 Å². The van der Waals surface area contributed by atoms with E-state index in [4.69, 9.17) is 0 Å². The van der Waals surface area contributed by atoms with Crippen LogP contribution < -0.4 is 5.32 Å². The molecule has 1 saturated heterocycles. The van der Waals surface area contributed by atoms with Gasteiger partial charge in [-0.2, -0.15) is 0 Å². The molecule has 0 aromatic rings. The molecule has 1 saturated carbocycles. The first-order valence-corrected chi connectivity index (χ1v) is 6.77. The Balaban J connectivity index is 2.10. The fourth-order valence-electron chi connectivity index (χ4n) is 3.01. The minimum Gasteiger partial charge on any atom is -0.323 e. The second-order valence-electron chi connectivity index (χ2n) is 5.71. The smallest absolute Gasteiger partial charge is 0.323 e. The van der Waals surface area contributed by atoms with Gasteiger partial charge in [0, 0.05) is 0 Å². The van der Waals surface area contributed by atoms with Crippen molar-refractivity contribution in [3.8, 4) is 0 Å². The van der Waals surface area contributed by atoms with Crippen molar-refractivity contribution >= 4 is 11.9 Å². The summed E-state index contributed by atoms with van der Waals surface area (Å²) in [6.45, 7) is 8.13. The van der Waals surface area contributed by atoms with Crippen molar-refractivity contribution in [2.75, 3.05) is 6.54 Å². The maximum atomic E-state index is 12.4. The Morgan fingerprint density at radius 2 is 2.06 bits per heavy atom. The quantitative estimate of drug-likeness (QED) is 0.618. The molecule has 1 heterocycles. The van der Waals surface area contributed by atoms with E-state index >= 15 is 0 Å². The molecule has 1 aliphatic heterocycles. The highest BCUT2D eigenvalue weighted by Crippen LogP contribution is 2.37. The highest BCUT2D eigenvalue weighted by atomic mass is 16.2. The Labute approximate surface area is 108 Å². The molecule has 0 aromatic carbocycles. The summed E-state index contributed by atoms with van der Waals surface area (Å²) < 4.78 is 0. The molecular weight excluding hydrogens is 228 g/mol. The molecule has 1 N–H and O–H groups in total. The lowest BCUT2D eigenvalue weighted by atomic mass is 9.75. The topological polar surface area (TPSA) is 49.4 Å². The Morgan fingerprint density at radius 3 is 2.56 bits per heavy atom. The van der Waals surface area contributed by atoms with Crippen molar-refractivity contribution in [3.63, 3.8) is 0 Å². The fraction of sp³-hybridized carbons (Fsp3) is 0.714. The zero-order valence-corrected chi connectivity index (χ0v) is 11.3. The summed E-state index contributed by atoms with van der Waals surface area (Å²) in [7, 11) is 0. The first kappa shape index (κ1) is 13.1. The van der Waals surface area contributed by atoms with E-state index in [9.17, 15) is 9.59 Å². The van der Waals surface area contributed by atoms with E-state index in [0.29, 0.717) is 12.5 Å². The first-order valence-electron chi connectivity index (χ1n) is 6.77. The van der Waals surface area contributed by atoms with Crippen LogP contribution in [-0.4, -0.2) is 28.9 Å². The van der Waals surface area contributed by atoms with Crippen LogP contribution in [0.5, 0.6) is 0 Å². The molecule has 4 heteroatoms. The fourth-order valence-corrected chi connectivity index (χ4v) is 3.01. The Bertz CT molecular complexity index is 381. The number of carbonyl (C=O) groups excluding carboxylic acids is 2. The van der Waals surface area contributed by atoms with Gasteiger partial charge in [0.25, 0.3) is 5.91 Å². The van der Waals surface area contributed by atoms with Crippen molar-refractivity contribution in [1.82, 2.24) is 10.2 Å². The minimum absolute atomic E-state index is 0.0509. The molecule has 2 rings (SSSR count). The maximum absolute atomic E-state index is 12.4. The van der Waals surface area contributed by atoms with Gasteiger partial charge < -0.3 is 5.32 Å². The van der Waals surface area contributed by atoms with Gasteiger partial charge in [-0.05, 0) is 38.5 Å². The average molecular weight is 250 g/mol. The van der Waals surface area contributed by atoms with E-state index in [2.05, 4.69) is 18.8 Å². The molecule has 1 spiro atoms. The summed E-state index contributed by atoms with van der Waals surface area (Å²) >= 11 is 0. The van der Waals surface area contributed by atoms with Gasteiger partial charge in [0.1, 0.15) is 5.54 Å². The Hall–Kier alpha value is -1.32. The number of nitrogens with one attached hydrogen (secondary N) is 1.